The summed E-state index contributed by atoms with van der Waals surface area (Å²) in [6.45, 7) is 1.93. The Balaban J connectivity index is 1.94. The van der Waals surface area contributed by atoms with Crippen LogP contribution < -0.4 is 10.6 Å². The zero-order valence-electron chi connectivity index (χ0n) is 15.2. The summed E-state index contributed by atoms with van der Waals surface area (Å²) in [6.07, 6.45) is 0. The molecule has 26 heavy (non-hydrogen) atoms. The van der Waals surface area contributed by atoms with Gasteiger partial charge in [-0.3, -0.25) is 9.59 Å². The first kappa shape index (κ1) is 19.6. The van der Waals surface area contributed by atoms with Gasteiger partial charge in [-0.1, -0.05) is 30.3 Å². The number of benzene rings is 2. The molecular weight excluding hydrogens is 333 g/mol. The molecule has 138 valence electrons. The molecule has 5 nitrogen and oxygen atoms in total. The van der Waals surface area contributed by atoms with Crippen molar-refractivity contribution in [3.63, 3.8) is 0 Å². The van der Waals surface area contributed by atoms with Crippen LogP contribution in [0.2, 0.25) is 0 Å². The van der Waals surface area contributed by atoms with E-state index < -0.39 is 6.04 Å². The van der Waals surface area contributed by atoms with Gasteiger partial charge < -0.3 is 15.5 Å². The Bertz CT molecular complexity index is 750. The van der Waals surface area contributed by atoms with E-state index in [0.717, 1.165) is 5.56 Å². The molecule has 0 unspecified atom stereocenters. The lowest BCUT2D eigenvalue weighted by Gasteiger charge is -2.26. The molecule has 0 saturated carbocycles. The lowest BCUT2D eigenvalue weighted by atomic mass is 10.1. The van der Waals surface area contributed by atoms with E-state index >= 15 is 0 Å². The number of nitrogens with one attached hydrogen (secondary N) is 2. The van der Waals surface area contributed by atoms with Gasteiger partial charge >= 0.3 is 0 Å². The normalized spacial score (nSPS) is 13.1. The molecule has 2 aromatic rings. The lowest BCUT2D eigenvalue weighted by Crippen LogP contribution is -2.46. The second-order valence-electron chi connectivity index (χ2n) is 6.34. The zero-order valence-corrected chi connectivity index (χ0v) is 15.2. The van der Waals surface area contributed by atoms with Crippen molar-refractivity contribution < 1.29 is 14.0 Å². The number of nitrogens with zero attached hydrogens (tertiary/aromatic N) is 1. The van der Waals surface area contributed by atoms with Gasteiger partial charge in [0.15, 0.2) is 0 Å². The maximum Gasteiger partial charge on any atom is 0.251 e. The van der Waals surface area contributed by atoms with Crippen LogP contribution in [-0.4, -0.2) is 43.4 Å². The Morgan fingerprint density at radius 3 is 2.38 bits per heavy atom. The highest BCUT2D eigenvalue weighted by Gasteiger charge is 2.20. The number of amides is 2. The van der Waals surface area contributed by atoms with Crippen LogP contribution in [0.5, 0.6) is 0 Å². The second-order valence-corrected chi connectivity index (χ2v) is 6.34. The van der Waals surface area contributed by atoms with E-state index in [1.54, 1.807) is 37.3 Å². The standard InChI is InChI=1S/C20H24FN3O2/c1-14(23-20(26)15-8-5-4-6-9-15)19(25)22-13-18(24(2)3)16-10-7-11-17(21)12-16/h4-12,14,18H,13H2,1-3H3,(H,22,25)(H,23,26)/t14-,18+/m1/s1. The summed E-state index contributed by atoms with van der Waals surface area (Å²) in [7, 11) is 3.73. The molecule has 0 bridgehead atoms. The number of halogens is 1. The minimum Gasteiger partial charge on any atom is -0.352 e. The Morgan fingerprint density at radius 2 is 1.77 bits per heavy atom. The van der Waals surface area contributed by atoms with Crippen LogP contribution in [-0.2, 0) is 4.79 Å². The molecule has 0 aliphatic carbocycles. The predicted molar refractivity (Wildman–Crippen MR) is 99.2 cm³/mol. The number of rotatable bonds is 7. The number of likely N-dealkylation sites (N-methyl/N-ethyl adjacent to an activating group) is 1. The molecule has 0 fully saturated rings. The van der Waals surface area contributed by atoms with Crippen LogP contribution in [0.15, 0.2) is 54.6 Å². The highest BCUT2D eigenvalue weighted by Crippen LogP contribution is 2.18. The van der Waals surface area contributed by atoms with E-state index in [0.29, 0.717) is 12.1 Å². The quantitative estimate of drug-likeness (QED) is 0.800. The Morgan fingerprint density at radius 1 is 1.08 bits per heavy atom. The van der Waals surface area contributed by atoms with Gasteiger partial charge in [-0.05, 0) is 50.8 Å². The topological polar surface area (TPSA) is 61.4 Å². The van der Waals surface area contributed by atoms with Gasteiger partial charge in [-0.2, -0.15) is 0 Å². The Hall–Kier alpha value is -2.73. The highest BCUT2D eigenvalue weighted by atomic mass is 19.1. The van der Waals surface area contributed by atoms with Crippen molar-refractivity contribution in [1.29, 1.82) is 0 Å². The number of hydrogen-bond donors (Lipinski definition) is 2. The summed E-state index contributed by atoms with van der Waals surface area (Å²) >= 11 is 0. The van der Waals surface area contributed by atoms with E-state index in [-0.39, 0.29) is 23.7 Å². The number of carbonyl (C=O) groups excluding carboxylic acids is 2. The SMILES string of the molecule is C[C@@H](NC(=O)c1ccccc1)C(=O)NC[C@@H](c1cccc(F)c1)N(C)C. The maximum atomic E-state index is 13.5. The molecule has 0 aromatic heterocycles. The summed E-state index contributed by atoms with van der Waals surface area (Å²) in [6, 6.07) is 14.2. The van der Waals surface area contributed by atoms with Gasteiger partial charge in [-0.25, -0.2) is 4.39 Å². The van der Waals surface area contributed by atoms with Crippen molar-refractivity contribution in [2.24, 2.45) is 0 Å². The van der Waals surface area contributed by atoms with E-state index in [2.05, 4.69) is 10.6 Å². The molecule has 0 aliphatic rings. The second kappa shape index (κ2) is 9.10. The molecule has 2 rings (SSSR count). The van der Waals surface area contributed by atoms with Crippen molar-refractivity contribution in [2.75, 3.05) is 20.6 Å². The van der Waals surface area contributed by atoms with Crippen LogP contribution in [0.1, 0.15) is 28.9 Å². The van der Waals surface area contributed by atoms with Gasteiger partial charge in [0.05, 0.1) is 6.04 Å². The molecule has 2 N–H and O–H groups in total. The van der Waals surface area contributed by atoms with Crippen LogP contribution in [0.3, 0.4) is 0 Å². The van der Waals surface area contributed by atoms with E-state index in [4.69, 9.17) is 0 Å². The summed E-state index contributed by atoms with van der Waals surface area (Å²) in [4.78, 5) is 26.3. The van der Waals surface area contributed by atoms with E-state index in [1.807, 2.05) is 31.1 Å². The fourth-order valence-corrected chi connectivity index (χ4v) is 2.60. The third-order valence-electron chi connectivity index (χ3n) is 4.10. The van der Waals surface area contributed by atoms with Crippen molar-refractivity contribution in [3.05, 3.63) is 71.5 Å². The van der Waals surface area contributed by atoms with Gasteiger partial charge in [0.2, 0.25) is 5.91 Å². The molecule has 0 spiro atoms. The summed E-state index contributed by atoms with van der Waals surface area (Å²) in [5.41, 5.74) is 1.27. The molecule has 0 saturated heterocycles. The number of carbonyl (C=O) groups is 2. The van der Waals surface area contributed by atoms with Crippen molar-refractivity contribution in [2.45, 2.75) is 19.0 Å². The number of hydrogen-bond acceptors (Lipinski definition) is 3. The van der Waals surface area contributed by atoms with Crippen molar-refractivity contribution in [3.8, 4) is 0 Å². The van der Waals surface area contributed by atoms with E-state index in [9.17, 15) is 14.0 Å². The van der Waals surface area contributed by atoms with Gasteiger partial charge in [0.25, 0.3) is 5.91 Å². The fourth-order valence-electron chi connectivity index (χ4n) is 2.60. The molecule has 2 amide bonds. The summed E-state index contributed by atoms with van der Waals surface area (Å²) in [5, 5.41) is 5.49. The van der Waals surface area contributed by atoms with Gasteiger partial charge in [-0.15, -0.1) is 0 Å². The van der Waals surface area contributed by atoms with Crippen LogP contribution >= 0.6 is 0 Å². The lowest BCUT2D eigenvalue weighted by molar-refractivity contribution is -0.122. The van der Waals surface area contributed by atoms with Gasteiger partial charge in [0, 0.05) is 12.1 Å². The largest absolute Gasteiger partial charge is 0.352 e. The monoisotopic (exact) mass is 357 g/mol. The summed E-state index contributed by atoms with van der Waals surface area (Å²) in [5.74, 6) is -0.913. The first-order valence-corrected chi connectivity index (χ1v) is 8.44. The minimum atomic E-state index is -0.682. The smallest absolute Gasteiger partial charge is 0.251 e. The maximum absolute atomic E-state index is 13.5. The van der Waals surface area contributed by atoms with Crippen molar-refractivity contribution in [1.82, 2.24) is 15.5 Å². The minimum absolute atomic E-state index is 0.174. The third kappa shape index (κ3) is 5.39. The highest BCUT2D eigenvalue weighted by molar-refractivity contribution is 5.97. The molecule has 6 heteroatoms. The molecule has 0 radical (unpaired) electrons. The third-order valence-corrected chi connectivity index (χ3v) is 4.10. The van der Waals surface area contributed by atoms with Crippen LogP contribution in [0.4, 0.5) is 4.39 Å². The van der Waals surface area contributed by atoms with Crippen LogP contribution in [0, 0.1) is 5.82 Å². The summed E-state index contributed by atoms with van der Waals surface area (Å²) < 4.78 is 13.5. The average Bonchev–Trinajstić information content (AvgIpc) is 2.62. The first-order chi connectivity index (χ1) is 12.4. The zero-order chi connectivity index (χ0) is 19.1. The molecule has 2 atom stereocenters. The molecular formula is C20H24FN3O2. The Labute approximate surface area is 153 Å². The van der Waals surface area contributed by atoms with Crippen LogP contribution in [0.25, 0.3) is 0 Å². The Kier molecular flexibility index (Phi) is 6.86. The predicted octanol–water partition coefficient (Wildman–Crippen LogP) is 2.36. The first-order valence-electron chi connectivity index (χ1n) is 8.44. The molecule has 0 heterocycles. The van der Waals surface area contributed by atoms with Gasteiger partial charge in [0.1, 0.15) is 11.9 Å². The fraction of sp³-hybridized carbons (Fsp3) is 0.300. The van der Waals surface area contributed by atoms with E-state index in [1.165, 1.54) is 12.1 Å². The van der Waals surface area contributed by atoms with Crippen molar-refractivity contribution >= 4 is 11.8 Å². The average molecular weight is 357 g/mol. The molecule has 0 aliphatic heterocycles. The molecule has 2 aromatic carbocycles.